The Morgan fingerprint density at radius 2 is 1.72 bits per heavy atom. The topological polar surface area (TPSA) is 125 Å². The van der Waals surface area contributed by atoms with Crippen molar-refractivity contribution >= 4 is 46.1 Å². The Balaban J connectivity index is 1.71. The summed E-state index contributed by atoms with van der Waals surface area (Å²) in [6, 6.07) is 2.68. The fourth-order valence-electron chi connectivity index (χ4n) is 4.87. The number of hydrogen-bond acceptors (Lipinski definition) is 6. The van der Waals surface area contributed by atoms with Crippen LogP contribution in [0.25, 0.3) is 11.0 Å². The van der Waals surface area contributed by atoms with E-state index in [0.29, 0.717) is 27.4 Å². The van der Waals surface area contributed by atoms with Crippen molar-refractivity contribution in [3.8, 4) is 0 Å². The number of amides is 2. The zero-order valence-corrected chi connectivity index (χ0v) is 22.5. The van der Waals surface area contributed by atoms with Crippen molar-refractivity contribution in [2.24, 2.45) is 5.92 Å². The van der Waals surface area contributed by atoms with E-state index in [1.807, 2.05) is 13.8 Å². The summed E-state index contributed by atoms with van der Waals surface area (Å²) < 4.78 is 0. The van der Waals surface area contributed by atoms with Gasteiger partial charge in [0.1, 0.15) is 16.7 Å². The molecule has 0 radical (unpaired) electrons. The first kappa shape index (κ1) is 27.6. The number of halogens is 1. The number of fused-ring (bicyclic) bond motifs is 1. The van der Waals surface area contributed by atoms with Crippen molar-refractivity contribution in [3.63, 3.8) is 0 Å². The summed E-state index contributed by atoms with van der Waals surface area (Å²) in [5.41, 5.74) is 1.59. The van der Waals surface area contributed by atoms with E-state index in [4.69, 9.17) is 11.6 Å². The molecule has 1 atom stereocenters. The van der Waals surface area contributed by atoms with E-state index in [2.05, 4.69) is 20.6 Å². The van der Waals surface area contributed by atoms with Gasteiger partial charge in [0.25, 0.3) is 0 Å². The molecular formula is C26H36ClN5O4. The molecule has 2 aromatic rings. The molecule has 196 valence electrons. The normalized spacial score (nSPS) is 19.1. The average molecular weight is 518 g/mol. The molecule has 1 aliphatic rings. The van der Waals surface area contributed by atoms with E-state index >= 15 is 0 Å². The molecule has 0 saturated heterocycles. The van der Waals surface area contributed by atoms with Crippen LogP contribution in [-0.2, 0) is 4.79 Å². The molecule has 2 amide bonds. The molecule has 1 aliphatic carbocycles. The highest BCUT2D eigenvalue weighted by Crippen LogP contribution is 2.30. The lowest BCUT2D eigenvalue weighted by atomic mass is 9.89. The van der Waals surface area contributed by atoms with Gasteiger partial charge in [-0.15, -0.1) is 0 Å². The number of aromatic nitrogens is 2. The van der Waals surface area contributed by atoms with Crippen LogP contribution in [0.4, 0.5) is 10.5 Å². The van der Waals surface area contributed by atoms with E-state index in [1.165, 1.54) is 11.8 Å². The zero-order chi connectivity index (χ0) is 26.8. The monoisotopic (exact) mass is 517 g/mol. The summed E-state index contributed by atoms with van der Waals surface area (Å²) in [5, 5.41) is 16.7. The van der Waals surface area contributed by atoms with Crippen LogP contribution in [-0.4, -0.2) is 61.4 Å². The molecule has 10 heteroatoms. The number of ketones is 1. The van der Waals surface area contributed by atoms with Crippen LogP contribution in [0.15, 0.2) is 18.3 Å². The largest absolute Gasteiger partial charge is 0.465 e. The van der Waals surface area contributed by atoms with Gasteiger partial charge in [0, 0.05) is 23.8 Å². The highest BCUT2D eigenvalue weighted by Gasteiger charge is 2.40. The Labute approximate surface area is 217 Å². The summed E-state index contributed by atoms with van der Waals surface area (Å²) in [6.07, 6.45) is 3.43. The number of Topliss-reactive ketones (excluding diaryl/α,β-unsaturated/α-hetero) is 1. The van der Waals surface area contributed by atoms with E-state index in [0.717, 1.165) is 25.7 Å². The molecule has 2 aromatic heterocycles. The number of carbonyl (C=O) groups excluding carboxylic acids is 2. The lowest BCUT2D eigenvalue weighted by Gasteiger charge is -2.41. The van der Waals surface area contributed by atoms with E-state index in [1.54, 1.807) is 39.1 Å². The highest BCUT2D eigenvalue weighted by atomic mass is 35.5. The van der Waals surface area contributed by atoms with Gasteiger partial charge in [-0.25, -0.2) is 9.78 Å². The first-order chi connectivity index (χ1) is 16.8. The number of carboxylic acid groups (broad SMARTS) is 1. The van der Waals surface area contributed by atoms with Gasteiger partial charge >= 0.3 is 6.09 Å². The van der Waals surface area contributed by atoms with Gasteiger partial charge in [0.05, 0.1) is 16.8 Å². The second-order valence-corrected chi connectivity index (χ2v) is 11.2. The maximum Gasteiger partial charge on any atom is 0.408 e. The smallest absolute Gasteiger partial charge is 0.408 e. The highest BCUT2D eigenvalue weighted by molar-refractivity contribution is 6.30. The first-order valence-corrected chi connectivity index (χ1v) is 12.7. The van der Waals surface area contributed by atoms with Crippen molar-refractivity contribution in [3.05, 3.63) is 29.0 Å². The number of pyridine rings is 2. The van der Waals surface area contributed by atoms with Gasteiger partial charge in [-0.1, -0.05) is 25.4 Å². The maximum atomic E-state index is 13.2. The Hall–Kier alpha value is -2.94. The van der Waals surface area contributed by atoms with Gasteiger partial charge in [-0.05, 0) is 71.4 Å². The number of hydrogen-bond donors (Lipinski definition) is 3. The van der Waals surface area contributed by atoms with Crippen LogP contribution < -0.4 is 10.6 Å². The lowest BCUT2D eigenvalue weighted by molar-refractivity contribution is -0.130. The minimum absolute atomic E-state index is 0.0542. The SMILES string of the molecule is CC(=O)c1cnc2ccc(Cl)nc2c1N[C@H]1CC[C@H](NC(=O)C(C(C)C)N(C(=O)O)C(C)(C)C)CC1. The molecule has 1 fully saturated rings. The molecule has 1 unspecified atom stereocenters. The van der Waals surface area contributed by atoms with Crippen LogP contribution in [0.3, 0.4) is 0 Å². The molecule has 2 heterocycles. The van der Waals surface area contributed by atoms with Crippen molar-refractivity contribution < 1.29 is 19.5 Å². The Morgan fingerprint density at radius 1 is 1.11 bits per heavy atom. The van der Waals surface area contributed by atoms with Crippen molar-refractivity contribution in [1.29, 1.82) is 0 Å². The minimum Gasteiger partial charge on any atom is -0.465 e. The van der Waals surface area contributed by atoms with Crippen LogP contribution in [0, 0.1) is 5.92 Å². The molecule has 0 aliphatic heterocycles. The lowest BCUT2D eigenvalue weighted by Crippen LogP contribution is -2.60. The van der Waals surface area contributed by atoms with Gasteiger partial charge in [-0.2, -0.15) is 0 Å². The second kappa shape index (κ2) is 11.0. The predicted octanol–water partition coefficient (Wildman–Crippen LogP) is 5.13. The molecule has 0 aromatic carbocycles. The molecule has 0 bridgehead atoms. The van der Waals surface area contributed by atoms with Gasteiger partial charge < -0.3 is 15.7 Å². The average Bonchev–Trinajstić information content (AvgIpc) is 2.77. The fraction of sp³-hybridized carbons (Fsp3) is 0.577. The Kier molecular flexibility index (Phi) is 8.44. The molecule has 9 nitrogen and oxygen atoms in total. The molecule has 36 heavy (non-hydrogen) atoms. The predicted molar refractivity (Wildman–Crippen MR) is 141 cm³/mol. The third-order valence-electron chi connectivity index (χ3n) is 6.59. The number of anilines is 1. The third kappa shape index (κ3) is 6.24. The van der Waals surface area contributed by atoms with Gasteiger partial charge in [0.15, 0.2) is 5.78 Å². The van der Waals surface area contributed by atoms with Gasteiger partial charge in [-0.3, -0.25) is 19.5 Å². The number of nitrogens with zero attached hydrogens (tertiary/aromatic N) is 3. The number of rotatable bonds is 7. The number of carbonyl (C=O) groups is 3. The second-order valence-electron chi connectivity index (χ2n) is 10.8. The molecule has 3 N–H and O–H groups in total. The molecular weight excluding hydrogens is 482 g/mol. The van der Waals surface area contributed by atoms with Crippen molar-refractivity contribution in [1.82, 2.24) is 20.2 Å². The van der Waals surface area contributed by atoms with Crippen molar-refractivity contribution in [2.45, 2.75) is 90.9 Å². The van der Waals surface area contributed by atoms with Crippen LogP contribution >= 0.6 is 11.6 Å². The number of nitrogens with one attached hydrogen (secondary N) is 2. The third-order valence-corrected chi connectivity index (χ3v) is 6.80. The summed E-state index contributed by atoms with van der Waals surface area (Å²) in [6.45, 7) is 10.6. The van der Waals surface area contributed by atoms with E-state index < -0.39 is 17.7 Å². The Morgan fingerprint density at radius 3 is 2.25 bits per heavy atom. The van der Waals surface area contributed by atoms with Crippen LogP contribution in [0.1, 0.15) is 77.6 Å². The summed E-state index contributed by atoms with van der Waals surface area (Å²) in [5.74, 6) is -0.560. The van der Waals surface area contributed by atoms with E-state index in [-0.39, 0.29) is 29.7 Å². The van der Waals surface area contributed by atoms with Gasteiger partial charge in [0.2, 0.25) is 5.91 Å². The van der Waals surface area contributed by atoms with Crippen LogP contribution in [0.5, 0.6) is 0 Å². The quantitative estimate of drug-likeness (QED) is 0.343. The van der Waals surface area contributed by atoms with E-state index in [9.17, 15) is 19.5 Å². The zero-order valence-electron chi connectivity index (χ0n) is 21.8. The van der Waals surface area contributed by atoms with Crippen molar-refractivity contribution in [2.75, 3.05) is 5.32 Å². The summed E-state index contributed by atoms with van der Waals surface area (Å²) in [4.78, 5) is 47.5. The first-order valence-electron chi connectivity index (χ1n) is 12.3. The maximum absolute atomic E-state index is 13.2. The molecule has 3 rings (SSSR count). The summed E-state index contributed by atoms with van der Waals surface area (Å²) in [7, 11) is 0. The fourth-order valence-corrected chi connectivity index (χ4v) is 5.02. The van der Waals surface area contributed by atoms with Crippen LogP contribution in [0.2, 0.25) is 5.15 Å². The Bertz CT molecular complexity index is 1140. The summed E-state index contributed by atoms with van der Waals surface area (Å²) >= 11 is 6.12. The minimum atomic E-state index is -1.11. The molecule has 1 saturated carbocycles. The standard InChI is InChI=1S/C26H36ClN5O4/c1-14(2)23(32(25(35)36)26(4,5)6)24(34)30-17-9-7-16(8-10-17)29-21-18(15(3)33)13-28-19-11-12-20(27)31-22(19)21/h11-14,16-17,23H,7-10H2,1-6H3,(H,28,29)(H,30,34)(H,35,36)/t16-,17-,23?. The molecule has 0 spiro atoms.